The highest BCUT2D eigenvalue weighted by Crippen LogP contribution is 2.41. The van der Waals surface area contributed by atoms with Gasteiger partial charge in [-0.3, -0.25) is 4.79 Å². The SMILES string of the molecule is CC(=O)N1c2c(cc(Br)cc2S(=O)(=O)N2CCN(c3ccccc3Cl)CC2)C[C@H]1C. The number of sulfonamides is 1. The number of benzene rings is 2. The average molecular weight is 513 g/mol. The van der Waals surface area contributed by atoms with E-state index in [0.29, 0.717) is 47.8 Å². The summed E-state index contributed by atoms with van der Waals surface area (Å²) in [5, 5.41) is 0.657. The van der Waals surface area contributed by atoms with Gasteiger partial charge in [0.1, 0.15) is 4.90 Å². The maximum atomic E-state index is 13.6. The molecule has 0 N–H and O–H groups in total. The van der Waals surface area contributed by atoms with E-state index in [1.54, 1.807) is 11.0 Å². The van der Waals surface area contributed by atoms with Crippen molar-refractivity contribution in [1.29, 1.82) is 0 Å². The van der Waals surface area contributed by atoms with Gasteiger partial charge in [-0.2, -0.15) is 4.31 Å². The van der Waals surface area contributed by atoms with E-state index in [1.165, 1.54) is 11.2 Å². The van der Waals surface area contributed by atoms with E-state index >= 15 is 0 Å². The van der Waals surface area contributed by atoms with E-state index in [9.17, 15) is 13.2 Å². The number of hydrogen-bond donors (Lipinski definition) is 0. The molecule has 0 aromatic heterocycles. The van der Waals surface area contributed by atoms with E-state index in [2.05, 4.69) is 20.8 Å². The van der Waals surface area contributed by atoms with Gasteiger partial charge in [-0.25, -0.2) is 8.42 Å². The van der Waals surface area contributed by atoms with Crippen molar-refractivity contribution in [2.45, 2.75) is 31.2 Å². The fourth-order valence-corrected chi connectivity index (χ4v) is 6.95. The van der Waals surface area contributed by atoms with Gasteiger partial charge in [-0.15, -0.1) is 0 Å². The van der Waals surface area contributed by atoms with Crippen LogP contribution in [0.2, 0.25) is 5.02 Å². The summed E-state index contributed by atoms with van der Waals surface area (Å²) >= 11 is 9.75. The normalized spacial score (nSPS) is 19.8. The second-order valence-corrected chi connectivity index (χ2v) is 10.9. The zero-order chi connectivity index (χ0) is 21.6. The monoisotopic (exact) mass is 511 g/mol. The van der Waals surface area contributed by atoms with Crippen molar-refractivity contribution in [1.82, 2.24) is 4.31 Å². The number of para-hydroxylation sites is 1. The maximum absolute atomic E-state index is 13.6. The van der Waals surface area contributed by atoms with Crippen LogP contribution in [-0.2, 0) is 21.2 Å². The van der Waals surface area contributed by atoms with Crippen molar-refractivity contribution in [2.75, 3.05) is 36.0 Å². The van der Waals surface area contributed by atoms with Crippen molar-refractivity contribution in [2.24, 2.45) is 0 Å². The first-order chi connectivity index (χ1) is 14.2. The van der Waals surface area contributed by atoms with Crippen LogP contribution >= 0.6 is 27.5 Å². The third-order valence-electron chi connectivity index (χ3n) is 5.70. The van der Waals surface area contributed by atoms with Crippen LogP contribution < -0.4 is 9.80 Å². The molecular weight excluding hydrogens is 490 g/mol. The number of piperazine rings is 1. The summed E-state index contributed by atoms with van der Waals surface area (Å²) in [6, 6.07) is 11.0. The summed E-state index contributed by atoms with van der Waals surface area (Å²) < 4.78 is 29.4. The Morgan fingerprint density at radius 1 is 1.13 bits per heavy atom. The van der Waals surface area contributed by atoms with Crippen molar-refractivity contribution < 1.29 is 13.2 Å². The maximum Gasteiger partial charge on any atom is 0.245 e. The van der Waals surface area contributed by atoms with Gasteiger partial charge in [0, 0.05) is 43.6 Å². The number of halogens is 2. The molecule has 0 unspecified atom stereocenters. The second-order valence-electron chi connectivity index (χ2n) is 7.70. The smallest absolute Gasteiger partial charge is 0.245 e. The number of carbonyl (C=O) groups is 1. The van der Waals surface area contributed by atoms with E-state index in [0.717, 1.165) is 11.3 Å². The molecule has 1 fully saturated rings. The van der Waals surface area contributed by atoms with Gasteiger partial charge in [-0.05, 0) is 43.2 Å². The van der Waals surface area contributed by atoms with Gasteiger partial charge in [0.25, 0.3) is 0 Å². The van der Waals surface area contributed by atoms with Crippen molar-refractivity contribution >= 4 is 54.8 Å². The molecule has 160 valence electrons. The molecule has 1 amide bonds. The van der Waals surface area contributed by atoms with Gasteiger partial charge < -0.3 is 9.80 Å². The number of carbonyl (C=O) groups excluding carboxylic acids is 1. The molecule has 2 aliphatic heterocycles. The molecular formula is C21H23BrClN3O3S. The van der Waals surface area contributed by atoms with E-state index < -0.39 is 10.0 Å². The van der Waals surface area contributed by atoms with Crippen LogP contribution in [-0.4, -0.2) is 50.9 Å². The van der Waals surface area contributed by atoms with Crippen LogP contribution in [0.4, 0.5) is 11.4 Å². The number of fused-ring (bicyclic) bond motifs is 1. The highest BCUT2D eigenvalue weighted by atomic mass is 79.9. The third-order valence-corrected chi connectivity index (χ3v) is 8.39. The van der Waals surface area contributed by atoms with Crippen LogP contribution in [0.15, 0.2) is 45.8 Å². The fraction of sp³-hybridized carbons (Fsp3) is 0.381. The van der Waals surface area contributed by atoms with Crippen LogP contribution in [0.3, 0.4) is 0 Å². The predicted octanol–water partition coefficient (Wildman–Crippen LogP) is 3.91. The molecule has 2 aliphatic rings. The molecule has 6 nitrogen and oxygen atoms in total. The van der Waals surface area contributed by atoms with Gasteiger partial charge in [-0.1, -0.05) is 39.7 Å². The quantitative estimate of drug-likeness (QED) is 0.626. The Balaban J connectivity index is 1.65. The molecule has 0 aliphatic carbocycles. The van der Waals surface area contributed by atoms with E-state index in [4.69, 9.17) is 11.6 Å². The molecule has 9 heteroatoms. The molecule has 1 saturated heterocycles. The van der Waals surface area contributed by atoms with Crippen LogP contribution in [0.5, 0.6) is 0 Å². The summed E-state index contributed by atoms with van der Waals surface area (Å²) in [6.07, 6.45) is 0.636. The summed E-state index contributed by atoms with van der Waals surface area (Å²) in [5.74, 6) is -0.149. The molecule has 0 radical (unpaired) electrons. The van der Waals surface area contributed by atoms with Crippen LogP contribution in [0.1, 0.15) is 19.4 Å². The van der Waals surface area contributed by atoms with Gasteiger partial charge in [0.2, 0.25) is 15.9 Å². The Morgan fingerprint density at radius 2 is 1.80 bits per heavy atom. The zero-order valence-corrected chi connectivity index (χ0v) is 20.0. The standard InChI is InChI=1S/C21H23BrClN3O3S/c1-14-11-16-12-17(22)13-20(21(16)26(14)15(2)27)30(28,29)25-9-7-24(8-10-25)19-6-4-3-5-18(19)23/h3-6,12-14H,7-11H2,1-2H3/t14-/m1/s1. The van der Waals surface area contributed by atoms with E-state index in [1.807, 2.05) is 37.3 Å². The lowest BCUT2D eigenvalue weighted by Crippen LogP contribution is -2.49. The lowest BCUT2D eigenvalue weighted by molar-refractivity contribution is -0.116. The van der Waals surface area contributed by atoms with Crippen molar-refractivity contribution in [3.8, 4) is 0 Å². The minimum Gasteiger partial charge on any atom is -0.368 e. The lowest BCUT2D eigenvalue weighted by atomic mass is 10.1. The first-order valence-corrected chi connectivity index (χ1v) is 12.4. The van der Waals surface area contributed by atoms with Crippen LogP contribution in [0, 0.1) is 0 Å². The number of amides is 1. The topological polar surface area (TPSA) is 60.9 Å². The average Bonchev–Trinajstić information content (AvgIpc) is 3.03. The first kappa shape index (κ1) is 21.6. The Kier molecular flexibility index (Phi) is 5.87. The van der Waals surface area contributed by atoms with Gasteiger partial charge in [0.15, 0.2) is 0 Å². The third kappa shape index (κ3) is 3.75. The number of rotatable bonds is 3. The molecule has 0 spiro atoms. The molecule has 30 heavy (non-hydrogen) atoms. The number of nitrogens with zero attached hydrogens (tertiary/aromatic N) is 3. The minimum absolute atomic E-state index is 0.0715. The first-order valence-electron chi connectivity index (χ1n) is 9.82. The fourth-order valence-electron chi connectivity index (χ4n) is 4.37. The summed E-state index contributed by atoms with van der Waals surface area (Å²) in [6.45, 7) is 5.22. The molecule has 4 rings (SSSR count). The molecule has 0 saturated carbocycles. The highest BCUT2D eigenvalue weighted by Gasteiger charge is 2.38. The summed E-state index contributed by atoms with van der Waals surface area (Å²) in [5.41, 5.74) is 2.31. The molecule has 1 atom stereocenters. The minimum atomic E-state index is -3.77. The summed E-state index contributed by atoms with van der Waals surface area (Å²) in [4.78, 5) is 16.2. The van der Waals surface area contributed by atoms with Gasteiger partial charge >= 0.3 is 0 Å². The zero-order valence-electron chi connectivity index (χ0n) is 16.8. The van der Waals surface area contributed by atoms with Crippen molar-refractivity contribution in [3.05, 3.63) is 51.5 Å². The molecule has 2 heterocycles. The molecule has 0 bridgehead atoms. The second kappa shape index (κ2) is 8.15. The Labute approximate surface area is 190 Å². The number of anilines is 2. The molecule has 2 aromatic carbocycles. The highest BCUT2D eigenvalue weighted by molar-refractivity contribution is 9.10. The molecule has 2 aromatic rings. The van der Waals surface area contributed by atoms with Gasteiger partial charge in [0.05, 0.1) is 16.4 Å². The Hall–Kier alpha value is -1.61. The Morgan fingerprint density at radius 3 is 2.43 bits per heavy atom. The van der Waals surface area contributed by atoms with Crippen LogP contribution in [0.25, 0.3) is 0 Å². The largest absolute Gasteiger partial charge is 0.368 e. The predicted molar refractivity (Wildman–Crippen MR) is 123 cm³/mol. The summed E-state index contributed by atoms with van der Waals surface area (Å²) in [7, 11) is -3.77. The number of hydrogen-bond acceptors (Lipinski definition) is 4. The lowest BCUT2D eigenvalue weighted by Gasteiger charge is -2.36. The van der Waals surface area contributed by atoms with E-state index in [-0.39, 0.29) is 16.8 Å². The van der Waals surface area contributed by atoms with Crippen molar-refractivity contribution in [3.63, 3.8) is 0 Å². The Bertz CT molecular complexity index is 1100.